The van der Waals surface area contributed by atoms with Crippen molar-refractivity contribution in [2.75, 3.05) is 6.61 Å². The van der Waals surface area contributed by atoms with Crippen LogP contribution in [0.1, 0.15) is 12.6 Å². The molecule has 82 valence electrons. The van der Waals surface area contributed by atoms with E-state index in [9.17, 15) is 19.1 Å². The highest BCUT2D eigenvalue weighted by molar-refractivity contribution is 4.90. The number of hydrogen-bond acceptors (Lipinski definition) is 4. The topological polar surface area (TPSA) is 84.3 Å². The van der Waals surface area contributed by atoms with Crippen LogP contribution in [-0.4, -0.2) is 27.4 Å². The molecule has 0 bridgehead atoms. The number of rotatable bonds is 1. The lowest BCUT2D eigenvalue weighted by atomic mass is 10.3. The molecule has 2 heterocycles. The normalized spacial score (nSPS) is 25.7. The van der Waals surface area contributed by atoms with Gasteiger partial charge in [0.15, 0.2) is 6.23 Å². The molecule has 1 aliphatic heterocycles. The second-order valence-electron chi connectivity index (χ2n) is 3.26. The Bertz CT molecular complexity index is 480. The van der Waals surface area contributed by atoms with E-state index >= 15 is 0 Å². The molecular weight excluding hydrogens is 207 g/mol. The van der Waals surface area contributed by atoms with Crippen molar-refractivity contribution in [1.29, 1.82) is 0 Å². The van der Waals surface area contributed by atoms with Crippen LogP contribution in [-0.2, 0) is 4.74 Å². The van der Waals surface area contributed by atoms with Crippen molar-refractivity contribution in [3.8, 4) is 0 Å². The second-order valence-corrected chi connectivity index (χ2v) is 3.26. The average molecular weight is 216 g/mol. The first-order valence-corrected chi connectivity index (χ1v) is 4.40. The summed E-state index contributed by atoms with van der Waals surface area (Å²) in [5.74, 6) is -1.09. The number of halogens is 1. The standard InChI is InChI=1S/C8H9FN2O4/c9-4-3-11(8(14)10-6(4)13)7-5(12)1-2-15-7/h3,5,7,12H,1-2H2,(H,10,13,14)/t5-,7+/m1/s1. The Morgan fingerprint density at radius 1 is 1.60 bits per heavy atom. The molecule has 0 aliphatic carbocycles. The third-order valence-electron chi connectivity index (χ3n) is 2.23. The first-order chi connectivity index (χ1) is 7.09. The number of aromatic amines is 1. The van der Waals surface area contributed by atoms with Gasteiger partial charge in [-0.3, -0.25) is 14.3 Å². The molecule has 0 saturated carbocycles. The van der Waals surface area contributed by atoms with Crippen molar-refractivity contribution in [1.82, 2.24) is 9.55 Å². The number of aromatic nitrogens is 2. The third-order valence-corrected chi connectivity index (χ3v) is 2.23. The summed E-state index contributed by atoms with van der Waals surface area (Å²) in [6, 6.07) is 0. The van der Waals surface area contributed by atoms with E-state index in [1.807, 2.05) is 0 Å². The zero-order valence-electron chi connectivity index (χ0n) is 7.64. The van der Waals surface area contributed by atoms with Crippen LogP contribution in [0.25, 0.3) is 0 Å². The molecule has 2 N–H and O–H groups in total. The number of ether oxygens (including phenoxy) is 1. The summed E-state index contributed by atoms with van der Waals surface area (Å²) in [7, 11) is 0. The summed E-state index contributed by atoms with van der Waals surface area (Å²) in [6.45, 7) is 0.291. The SMILES string of the molecule is O=c1[nH]c(=O)n([C@H]2OCC[C@H]2O)cc1F. The first kappa shape index (κ1) is 10.1. The van der Waals surface area contributed by atoms with Gasteiger partial charge in [0.25, 0.3) is 5.56 Å². The Morgan fingerprint density at radius 2 is 2.33 bits per heavy atom. The van der Waals surface area contributed by atoms with Crippen LogP contribution in [0, 0.1) is 5.82 Å². The van der Waals surface area contributed by atoms with Gasteiger partial charge in [0, 0.05) is 6.42 Å². The molecule has 1 aromatic rings. The van der Waals surface area contributed by atoms with Crippen molar-refractivity contribution >= 4 is 0 Å². The molecule has 0 amide bonds. The lowest BCUT2D eigenvalue weighted by molar-refractivity contribution is -0.0125. The molecule has 2 atom stereocenters. The van der Waals surface area contributed by atoms with Gasteiger partial charge in [0.2, 0.25) is 5.82 Å². The van der Waals surface area contributed by atoms with Gasteiger partial charge in [-0.2, -0.15) is 4.39 Å². The first-order valence-electron chi connectivity index (χ1n) is 4.40. The number of aliphatic hydroxyl groups excluding tert-OH is 1. The van der Waals surface area contributed by atoms with Crippen molar-refractivity contribution in [2.45, 2.75) is 18.8 Å². The highest BCUT2D eigenvalue weighted by Crippen LogP contribution is 2.21. The van der Waals surface area contributed by atoms with Crippen LogP contribution >= 0.6 is 0 Å². The molecule has 2 rings (SSSR count). The van der Waals surface area contributed by atoms with Gasteiger partial charge >= 0.3 is 5.69 Å². The van der Waals surface area contributed by atoms with E-state index in [0.29, 0.717) is 13.0 Å². The Morgan fingerprint density at radius 3 is 2.93 bits per heavy atom. The van der Waals surface area contributed by atoms with Gasteiger partial charge in [-0.25, -0.2) is 4.79 Å². The minimum atomic E-state index is -1.09. The van der Waals surface area contributed by atoms with Crippen LogP contribution < -0.4 is 11.2 Å². The molecule has 1 aliphatic rings. The quantitative estimate of drug-likeness (QED) is 0.627. The average Bonchev–Trinajstić information content (AvgIpc) is 2.58. The van der Waals surface area contributed by atoms with E-state index in [4.69, 9.17) is 4.74 Å². The molecule has 0 unspecified atom stereocenters. The smallest absolute Gasteiger partial charge is 0.330 e. The summed E-state index contributed by atoms with van der Waals surface area (Å²) >= 11 is 0. The summed E-state index contributed by atoms with van der Waals surface area (Å²) < 4.78 is 18.8. The van der Waals surface area contributed by atoms with E-state index < -0.39 is 29.4 Å². The molecule has 1 saturated heterocycles. The highest BCUT2D eigenvalue weighted by atomic mass is 19.1. The van der Waals surface area contributed by atoms with Crippen molar-refractivity contribution < 1.29 is 14.2 Å². The third kappa shape index (κ3) is 1.71. The number of nitrogens with zero attached hydrogens (tertiary/aromatic N) is 1. The molecule has 1 fully saturated rings. The largest absolute Gasteiger partial charge is 0.388 e. The minimum Gasteiger partial charge on any atom is -0.388 e. The van der Waals surface area contributed by atoms with E-state index in [1.54, 1.807) is 4.98 Å². The van der Waals surface area contributed by atoms with Crippen LogP contribution in [0.15, 0.2) is 15.8 Å². The summed E-state index contributed by atoms with van der Waals surface area (Å²) in [4.78, 5) is 23.8. The van der Waals surface area contributed by atoms with Crippen molar-refractivity contribution in [3.63, 3.8) is 0 Å². The monoisotopic (exact) mass is 216 g/mol. The van der Waals surface area contributed by atoms with Gasteiger partial charge in [-0.15, -0.1) is 0 Å². The van der Waals surface area contributed by atoms with Crippen LogP contribution in [0.5, 0.6) is 0 Å². The predicted molar refractivity (Wildman–Crippen MR) is 46.9 cm³/mol. The molecule has 0 spiro atoms. The Labute approximate surface area is 82.9 Å². The fourth-order valence-corrected chi connectivity index (χ4v) is 1.48. The van der Waals surface area contributed by atoms with E-state index in [1.165, 1.54) is 0 Å². The summed E-state index contributed by atoms with van der Waals surface area (Å²) in [5, 5.41) is 9.43. The van der Waals surface area contributed by atoms with E-state index in [-0.39, 0.29) is 0 Å². The van der Waals surface area contributed by atoms with E-state index in [2.05, 4.69) is 0 Å². The minimum absolute atomic E-state index is 0.291. The second kappa shape index (κ2) is 3.59. The summed E-state index contributed by atoms with van der Waals surface area (Å²) in [5.41, 5.74) is -1.88. The zero-order valence-corrected chi connectivity index (χ0v) is 7.64. The Hall–Kier alpha value is -1.47. The Kier molecular flexibility index (Phi) is 2.41. The molecule has 1 aromatic heterocycles. The van der Waals surface area contributed by atoms with Crippen molar-refractivity contribution in [2.24, 2.45) is 0 Å². The van der Waals surface area contributed by atoms with Gasteiger partial charge < -0.3 is 9.84 Å². The van der Waals surface area contributed by atoms with Crippen LogP contribution in [0.4, 0.5) is 4.39 Å². The zero-order chi connectivity index (χ0) is 11.0. The van der Waals surface area contributed by atoms with E-state index in [0.717, 1.165) is 10.8 Å². The number of H-pyrrole nitrogens is 1. The lowest BCUT2D eigenvalue weighted by Crippen LogP contribution is -2.36. The maximum absolute atomic E-state index is 12.9. The predicted octanol–water partition coefficient (Wildman–Crippen LogP) is -1.04. The van der Waals surface area contributed by atoms with Gasteiger partial charge in [0.1, 0.15) is 6.10 Å². The maximum atomic E-state index is 12.9. The molecule has 7 heteroatoms. The lowest BCUT2D eigenvalue weighted by Gasteiger charge is -2.15. The highest BCUT2D eigenvalue weighted by Gasteiger charge is 2.29. The molecule has 15 heavy (non-hydrogen) atoms. The fraction of sp³-hybridized carbons (Fsp3) is 0.500. The van der Waals surface area contributed by atoms with Crippen molar-refractivity contribution in [3.05, 3.63) is 32.9 Å². The fourth-order valence-electron chi connectivity index (χ4n) is 1.48. The molecular formula is C8H9FN2O4. The van der Waals surface area contributed by atoms with Gasteiger partial charge in [-0.1, -0.05) is 0 Å². The number of nitrogens with one attached hydrogen (secondary N) is 1. The Balaban J connectivity index is 2.48. The van der Waals surface area contributed by atoms with Crippen LogP contribution in [0.2, 0.25) is 0 Å². The summed E-state index contributed by atoms with van der Waals surface area (Å²) in [6.07, 6.45) is -0.685. The van der Waals surface area contributed by atoms with Crippen LogP contribution in [0.3, 0.4) is 0 Å². The van der Waals surface area contributed by atoms with Gasteiger partial charge in [0.05, 0.1) is 12.8 Å². The van der Waals surface area contributed by atoms with Gasteiger partial charge in [-0.05, 0) is 0 Å². The molecule has 0 aromatic carbocycles. The maximum Gasteiger partial charge on any atom is 0.330 e. The molecule has 6 nitrogen and oxygen atoms in total. The number of hydrogen-bond donors (Lipinski definition) is 2. The number of aliphatic hydroxyl groups is 1. The molecule has 0 radical (unpaired) electrons.